The molecule has 0 atom stereocenters. The number of hydrogen-bond donors (Lipinski definition) is 2. The van der Waals surface area contributed by atoms with Gasteiger partial charge in [0, 0.05) is 11.8 Å². The van der Waals surface area contributed by atoms with Crippen LogP contribution in [0.4, 0.5) is 11.4 Å². The second-order valence-corrected chi connectivity index (χ2v) is 6.27. The van der Waals surface area contributed by atoms with E-state index in [1.165, 1.54) is 6.07 Å². The number of nitrogens with two attached hydrogens (primary N) is 1. The van der Waals surface area contributed by atoms with Crippen molar-refractivity contribution < 1.29 is 13.2 Å². The summed E-state index contributed by atoms with van der Waals surface area (Å²) in [4.78, 5) is 0.177. The van der Waals surface area contributed by atoms with Crippen molar-refractivity contribution in [3.8, 4) is 5.75 Å². The molecular formula is C15H18N2O3S. The molecule has 0 bridgehead atoms. The van der Waals surface area contributed by atoms with Crippen molar-refractivity contribution in [1.29, 1.82) is 0 Å². The first-order chi connectivity index (χ1) is 9.92. The van der Waals surface area contributed by atoms with Crippen LogP contribution >= 0.6 is 0 Å². The molecule has 0 heterocycles. The number of nitrogens with one attached hydrogen (secondary N) is 1. The number of ether oxygens (including phenoxy) is 1. The van der Waals surface area contributed by atoms with Crippen LogP contribution in [0.2, 0.25) is 0 Å². The van der Waals surface area contributed by atoms with Crippen LogP contribution in [0, 0.1) is 6.92 Å². The molecule has 0 fully saturated rings. The summed E-state index contributed by atoms with van der Waals surface area (Å²) in [6.07, 6.45) is 0. The van der Waals surface area contributed by atoms with Crippen molar-refractivity contribution in [2.45, 2.75) is 18.7 Å². The fourth-order valence-corrected chi connectivity index (χ4v) is 2.98. The third kappa shape index (κ3) is 3.66. The van der Waals surface area contributed by atoms with E-state index in [4.69, 9.17) is 10.5 Å². The normalized spacial score (nSPS) is 11.1. The molecule has 0 spiro atoms. The quantitative estimate of drug-likeness (QED) is 0.832. The number of sulfonamides is 1. The summed E-state index contributed by atoms with van der Waals surface area (Å²) in [5.74, 6) is 0.617. The highest BCUT2D eigenvalue weighted by molar-refractivity contribution is 7.92. The lowest BCUT2D eigenvalue weighted by Crippen LogP contribution is -2.13. The van der Waals surface area contributed by atoms with Gasteiger partial charge in [-0.15, -0.1) is 0 Å². The minimum atomic E-state index is -3.65. The summed E-state index contributed by atoms with van der Waals surface area (Å²) in [7, 11) is -3.65. The lowest BCUT2D eigenvalue weighted by atomic mass is 10.2. The molecule has 21 heavy (non-hydrogen) atoms. The van der Waals surface area contributed by atoms with Crippen LogP contribution in [-0.4, -0.2) is 15.0 Å². The number of nitrogen functional groups attached to an aromatic ring is 1. The maximum atomic E-state index is 12.3. The van der Waals surface area contributed by atoms with Gasteiger partial charge in [-0.2, -0.15) is 0 Å². The van der Waals surface area contributed by atoms with Gasteiger partial charge in [0.15, 0.2) is 0 Å². The maximum Gasteiger partial charge on any atom is 0.261 e. The van der Waals surface area contributed by atoms with Crippen molar-refractivity contribution in [1.82, 2.24) is 0 Å². The third-order valence-electron chi connectivity index (χ3n) is 2.95. The highest BCUT2D eigenvalue weighted by Gasteiger charge is 2.15. The second kappa shape index (κ2) is 6.05. The zero-order valence-corrected chi connectivity index (χ0v) is 12.8. The fraction of sp³-hybridized carbons (Fsp3) is 0.200. The van der Waals surface area contributed by atoms with Crippen molar-refractivity contribution in [2.24, 2.45) is 0 Å². The van der Waals surface area contributed by atoms with E-state index in [1.807, 2.05) is 6.92 Å². The molecule has 0 aliphatic heterocycles. The number of benzene rings is 2. The minimum absolute atomic E-state index is 0.177. The van der Waals surface area contributed by atoms with Crippen LogP contribution in [0.15, 0.2) is 47.4 Å². The van der Waals surface area contributed by atoms with Crippen LogP contribution < -0.4 is 15.2 Å². The van der Waals surface area contributed by atoms with Gasteiger partial charge < -0.3 is 10.5 Å². The lowest BCUT2D eigenvalue weighted by molar-refractivity contribution is 0.340. The molecule has 0 aliphatic rings. The molecule has 2 rings (SSSR count). The van der Waals surface area contributed by atoms with Crippen molar-refractivity contribution in [3.05, 3.63) is 48.0 Å². The summed E-state index contributed by atoms with van der Waals surface area (Å²) in [6.45, 7) is 4.16. The summed E-state index contributed by atoms with van der Waals surface area (Å²) < 4.78 is 32.6. The standard InChI is InChI=1S/C15H18N2O3S/c1-3-20-13-6-4-5-12(10-13)17-21(18,19)14-7-8-15(16)11(2)9-14/h4-10,17H,3,16H2,1-2H3. The molecule has 0 aliphatic carbocycles. The average Bonchev–Trinajstić information content (AvgIpc) is 2.42. The van der Waals surface area contributed by atoms with Gasteiger partial charge in [-0.3, -0.25) is 4.72 Å². The Hall–Kier alpha value is -2.21. The molecule has 112 valence electrons. The van der Waals surface area contributed by atoms with Gasteiger partial charge in [0.05, 0.1) is 17.2 Å². The number of hydrogen-bond acceptors (Lipinski definition) is 4. The average molecular weight is 306 g/mol. The van der Waals surface area contributed by atoms with E-state index in [9.17, 15) is 8.42 Å². The molecule has 0 unspecified atom stereocenters. The Morgan fingerprint density at radius 2 is 1.95 bits per heavy atom. The Bertz CT molecular complexity index is 742. The Morgan fingerprint density at radius 1 is 1.19 bits per heavy atom. The fourth-order valence-electron chi connectivity index (χ4n) is 1.85. The highest BCUT2D eigenvalue weighted by Crippen LogP contribution is 2.22. The summed E-state index contributed by atoms with van der Waals surface area (Å²) in [6, 6.07) is 11.4. The topological polar surface area (TPSA) is 81.4 Å². The van der Waals surface area contributed by atoms with E-state index in [-0.39, 0.29) is 4.90 Å². The van der Waals surface area contributed by atoms with Gasteiger partial charge in [-0.05, 0) is 49.7 Å². The number of anilines is 2. The molecule has 0 saturated carbocycles. The molecule has 6 heteroatoms. The van der Waals surface area contributed by atoms with E-state index in [0.717, 1.165) is 5.56 Å². The van der Waals surface area contributed by atoms with Crippen LogP contribution in [0.5, 0.6) is 5.75 Å². The van der Waals surface area contributed by atoms with Gasteiger partial charge >= 0.3 is 0 Å². The van der Waals surface area contributed by atoms with Crippen LogP contribution in [0.1, 0.15) is 12.5 Å². The Labute approximate surface area is 124 Å². The van der Waals surface area contributed by atoms with Crippen molar-refractivity contribution in [3.63, 3.8) is 0 Å². The second-order valence-electron chi connectivity index (χ2n) is 4.58. The number of aryl methyl sites for hydroxylation is 1. The van der Waals surface area contributed by atoms with Crippen LogP contribution in [0.3, 0.4) is 0 Å². The first kappa shape index (κ1) is 15.2. The molecule has 0 saturated heterocycles. The van der Waals surface area contributed by atoms with Gasteiger partial charge in [0.25, 0.3) is 10.0 Å². The largest absolute Gasteiger partial charge is 0.494 e. The zero-order chi connectivity index (χ0) is 15.5. The molecule has 0 aromatic heterocycles. The Balaban J connectivity index is 2.28. The summed E-state index contributed by atoms with van der Waals surface area (Å²) in [5, 5.41) is 0. The SMILES string of the molecule is CCOc1cccc(NS(=O)(=O)c2ccc(N)c(C)c2)c1. The van der Waals surface area contributed by atoms with E-state index in [2.05, 4.69) is 4.72 Å². The predicted octanol–water partition coefficient (Wildman–Crippen LogP) is 2.78. The number of rotatable bonds is 5. The zero-order valence-electron chi connectivity index (χ0n) is 12.0. The molecule has 5 nitrogen and oxygen atoms in total. The molecule has 2 aromatic carbocycles. The maximum absolute atomic E-state index is 12.3. The van der Waals surface area contributed by atoms with E-state index in [1.54, 1.807) is 43.3 Å². The molecule has 3 N–H and O–H groups in total. The van der Waals surface area contributed by atoms with Crippen LogP contribution in [-0.2, 0) is 10.0 Å². The third-order valence-corrected chi connectivity index (χ3v) is 4.33. The van der Waals surface area contributed by atoms with Crippen LogP contribution in [0.25, 0.3) is 0 Å². The first-order valence-corrected chi connectivity index (χ1v) is 8.02. The molecular weight excluding hydrogens is 288 g/mol. The predicted molar refractivity (Wildman–Crippen MR) is 84.0 cm³/mol. The van der Waals surface area contributed by atoms with Gasteiger partial charge in [0.2, 0.25) is 0 Å². The Morgan fingerprint density at radius 3 is 2.62 bits per heavy atom. The monoisotopic (exact) mass is 306 g/mol. The van der Waals surface area contributed by atoms with E-state index < -0.39 is 10.0 Å². The molecule has 2 aromatic rings. The van der Waals surface area contributed by atoms with Gasteiger partial charge in [-0.25, -0.2) is 8.42 Å². The minimum Gasteiger partial charge on any atom is -0.494 e. The smallest absolute Gasteiger partial charge is 0.261 e. The van der Waals surface area contributed by atoms with Gasteiger partial charge in [-0.1, -0.05) is 6.07 Å². The van der Waals surface area contributed by atoms with Gasteiger partial charge in [0.1, 0.15) is 5.75 Å². The van der Waals surface area contributed by atoms with E-state index >= 15 is 0 Å². The molecule has 0 radical (unpaired) electrons. The van der Waals surface area contributed by atoms with Crippen molar-refractivity contribution >= 4 is 21.4 Å². The highest BCUT2D eigenvalue weighted by atomic mass is 32.2. The lowest BCUT2D eigenvalue weighted by Gasteiger charge is -2.11. The summed E-state index contributed by atoms with van der Waals surface area (Å²) >= 11 is 0. The molecule has 0 amide bonds. The van der Waals surface area contributed by atoms with E-state index in [0.29, 0.717) is 23.7 Å². The Kier molecular flexibility index (Phi) is 4.37. The summed E-state index contributed by atoms with van der Waals surface area (Å²) in [5.41, 5.74) is 7.45. The first-order valence-electron chi connectivity index (χ1n) is 6.54. The van der Waals surface area contributed by atoms with Crippen molar-refractivity contribution in [2.75, 3.05) is 17.1 Å².